The average molecular weight is 558 g/mol. The Bertz CT molecular complexity index is 1800. The van der Waals surface area contributed by atoms with Crippen molar-refractivity contribution in [1.82, 2.24) is 20.3 Å². The second kappa shape index (κ2) is 10.9. The largest absolute Gasteiger partial charge is 0.346 e. The molecule has 0 aliphatic carbocycles. The van der Waals surface area contributed by atoms with Crippen molar-refractivity contribution in [2.45, 2.75) is 32.1 Å². The van der Waals surface area contributed by atoms with Gasteiger partial charge in [0.15, 0.2) is 5.82 Å². The molecular formula is C30H28FN5O3S. The maximum Gasteiger partial charge on any atom is 0.251 e. The molecule has 2 aromatic heterocycles. The molecule has 0 fully saturated rings. The summed E-state index contributed by atoms with van der Waals surface area (Å²) in [5.74, 6) is -0.251. The van der Waals surface area contributed by atoms with E-state index < -0.39 is 27.2 Å². The van der Waals surface area contributed by atoms with Gasteiger partial charge in [0, 0.05) is 28.4 Å². The quantitative estimate of drug-likeness (QED) is 0.214. The standard InChI is InChI=1S/C30H28FN5O3S/c1-18(2)40(38,39)36-26-13-23(12-24(14-26)30(37)34-19(3)20-8-10-25(31)11-9-20)28-17-33-29(35-28)27-15-21-6-4-5-7-22(21)16-32-27/h4-19,36H,1-3H3,(H,33,35)(H,34,37)/t19-/m1/s1. The van der Waals surface area contributed by atoms with Gasteiger partial charge in [0.05, 0.1) is 23.2 Å². The number of amides is 1. The predicted molar refractivity (Wildman–Crippen MR) is 155 cm³/mol. The first kappa shape index (κ1) is 27.0. The molecule has 0 spiro atoms. The Labute approximate surface area is 231 Å². The van der Waals surface area contributed by atoms with Crippen LogP contribution in [0.4, 0.5) is 10.1 Å². The zero-order chi connectivity index (χ0) is 28.4. The zero-order valence-corrected chi connectivity index (χ0v) is 23.0. The van der Waals surface area contributed by atoms with Crippen molar-refractivity contribution in [3.63, 3.8) is 0 Å². The fourth-order valence-corrected chi connectivity index (χ4v) is 4.86. The molecule has 0 radical (unpaired) electrons. The van der Waals surface area contributed by atoms with Crippen LogP contribution in [0.25, 0.3) is 33.5 Å². The fourth-order valence-electron chi connectivity index (χ4n) is 4.18. The lowest BCUT2D eigenvalue weighted by molar-refractivity contribution is 0.0940. The predicted octanol–water partition coefficient (Wildman–Crippen LogP) is 6.07. The van der Waals surface area contributed by atoms with Gasteiger partial charge in [0.1, 0.15) is 11.5 Å². The van der Waals surface area contributed by atoms with Crippen molar-refractivity contribution in [3.05, 3.63) is 102 Å². The molecule has 0 saturated heterocycles. The minimum atomic E-state index is -3.67. The number of aromatic amines is 1. The Kier molecular flexibility index (Phi) is 7.36. The third-order valence-corrected chi connectivity index (χ3v) is 8.32. The van der Waals surface area contributed by atoms with Gasteiger partial charge in [-0.2, -0.15) is 0 Å². The Balaban J connectivity index is 1.49. The number of H-pyrrole nitrogens is 1. The van der Waals surface area contributed by atoms with E-state index in [2.05, 4.69) is 25.0 Å². The highest BCUT2D eigenvalue weighted by atomic mass is 32.2. The number of nitrogens with zero attached hydrogens (tertiary/aromatic N) is 2. The summed E-state index contributed by atoms with van der Waals surface area (Å²) in [4.78, 5) is 25.5. The number of hydrogen-bond donors (Lipinski definition) is 3. The van der Waals surface area contributed by atoms with Gasteiger partial charge in [-0.1, -0.05) is 36.4 Å². The van der Waals surface area contributed by atoms with Crippen molar-refractivity contribution < 1.29 is 17.6 Å². The lowest BCUT2D eigenvalue weighted by atomic mass is 10.0. The van der Waals surface area contributed by atoms with Crippen molar-refractivity contribution in [2.24, 2.45) is 0 Å². The van der Waals surface area contributed by atoms with Crippen molar-refractivity contribution in [1.29, 1.82) is 0 Å². The van der Waals surface area contributed by atoms with Crippen molar-refractivity contribution >= 4 is 32.4 Å². The van der Waals surface area contributed by atoms with E-state index in [1.54, 1.807) is 57.4 Å². The zero-order valence-electron chi connectivity index (χ0n) is 22.1. The Morgan fingerprint density at radius 1 is 0.900 bits per heavy atom. The van der Waals surface area contributed by atoms with Crippen LogP contribution < -0.4 is 10.0 Å². The minimum absolute atomic E-state index is 0.241. The number of carbonyl (C=O) groups excluding carboxylic acids is 1. The average Bonchev–Trinajstić information content (AvgIpc) is 3.43. The van der Waals surface area contributed by atoms with Gasteiger partial charge in [-0.3, -0.25) is 14.5 Å². The van der Waals surface area contributed by atoms with E-state index in [-0.39, 0.29) is 17.1 Å². The van der Waals surface area contributed by atoms with E-state index in [1.807, 2.05) is 30.3 Å². The van der Waals surface area contributed by atoms with Gasteiger partial charge in [0.2, 0.25) is 10.0 Å². The number of aromatic nitrogens is 3. The number of hydrogen-bond acceptors (Lipinski definition) is 5. The Morgan fingerprint density at radius 3 is 2.35 bits per heavy atom. The molecule has 5 rings (SSSR count). The number of pyridine rings is 1. The van der Waals surface area contributed by atoms with E-state index in [0.29, 0.717) is 22.8 Å². The molecular weight excluding hydrogens is 529 g/mol. The van der Waals surface area contributed by atoms with E-state index in [0.717, 1.165) is 16.3 Å². The van der Waals surface area contributed by atoms with E-state index in [9.17, 15) is 17.6 Å². The SMILES string of the molecule is CC(C)S(=O)(=O)Nc1cc(C(=O)N[C@H](C)c2ccc(F)cc2)cc(-c2cnc(-c3cc4ccccc4cn3)[nH]2)c1. The molecule has 1 amide bonds. The van der Waals surface area contributed by atoms with Gasteiger partial charge < -0.3 is 10.3 Å². The molecule has 10 heteroatoms. The van der Waals surface area contributed by atoms with Crippen LogP contribution in [-0.4, -0.2) is 34.5 Å². The number of rotatable bonds is 8. The lowest BCUT2D eigenvalue weighted by Gasteiger charge is -2.16. The van der Waals surface area contributed by atoms with Gasteiger partial charge in [-0.25, -0.2) is 17.8 Å². The topological polar surface area (TPSA) is 117 Å². The molecule has 40 heavy (non-hydrogen) atoms. The molecule has 8 nitrogen and oxygen atoms in total. The monoisotopic (exact) mass is 557 g/mol. The maximum absolute atomic E-state index is 13.3. The van der Waals surface area contributed by atoms with Gasteiger partial charge in [0.25, 0.3) is 5.91 Å². The third kappa shape index (κ3) is 5.86. The lowest BCUT2D eigenvalue weighted by Crippen LogP contribution is -2.27. The van der Waals surface area contributed by atoms with Crippen LogP contribution in [0.5, 0.6) is 0 Å². The van der Waals surface area contributed by atoms with E-state index >= 15 is 0 Å². The van der Waals surface area contributed by atoms with Crippen LogP contribution in [0.15, 0.2) is 85.2 Å². The van der Waals surface area contributed by atoms with Gasteiger partial charge in [-0.05, 0) is 68.1 Å². The molecule has 3 aromatic carbocycles. The molecule has 204 valence electrons. The minimum Gasteiger partial charge on any atom is -0.346 e. The third-order valence-electron chi connectivity index (χ3n) is 6.55. The molecule has 0 saturated carbocycles. The molecule has 1 atom stereocenters. The summed E-state index contributed by atoms with van der Waals surface area (Å²) in [5, 5.41) is 4.25. The highest BCUT2D eigenvalue weighted by Gasteiger charge is 2.19. The summed E-state index contributed by atoms with van der Waals surface area (Å²) in [6.45, 7) is 4.93. The summed E-state index contributed by atoms with van der Waals surface area (Å²) in [6, 6.07) is 20.0. The van der Waals surface area contributed by atoms with Crippen molar-refractivity contribution in [3.8, 4) is 22.8 Å². The molecule has 0 unspecified atom stereocenters. The summed E-state index contributed by atoms with van der Waals surface area (Å²) < 4.78 is 41.2. The van der Waals surface area contributed by atoms with Crippen LogP contribution in [0.3, 0.4) is 0 Å². The number of halogens is 1. The molecule has 0 aliphatic heterocycles. The number of nitrogens with one attached hydrogen (secondary N) is 3. The highest BCUT2D eigenvalue weighted by Crippen LogP contribution is 2.28. The second-order valence-electron chi connectivity index (χ2n) is 9.80. The number of anilines is 1. The van der Waals surface area contributed by atoms with E-state index in [1.165, 1.54) is 18.2 Å². The smallest absolute Gasteiger partial charge is 0.251 e. The summed E-state index contributed by atoms with van der Waals surface area (Å²) in [5.41, 5.74) is 3.00. The fraction of sp³-hybridized carbons (Fsp3) is 0.167. The van der Waals surface area contributed by atoms with Crippen molar-refractivity contribution in [2.75, 3.05) is 4.72 Å². The van der Waals surface area contributed by atoms with Crippen LogP contribution >= 0.6 is 0 Å². The first-order valence-electron chi connectivity index (χ1n) is 12.7. The Morgan fingerprint density at radius 2 is 1.62 bits per heavy atom. The second-order valence-corrected chi connectivity index (χ2v) is 12.0. The van der Waals surface area contributed by atoms with Crippen LogP contribution in [-0.2, 0) is 10.0 Å². The normalized spacial score (nSPS) is 12.4. The maximum atomic E-state index is 13.3. The van der Waals surface area contributed by atoms with Crippen LogP contribution in [0.2, 0.25) is 0 Å². The number of fused-ring (bicyclic) bond motifs is 1. The first-order chi connectivity index (χ1) is 19.1. The first-order valence-corrected chi connectivity index (χ1v) is 14.3. The number of imidazole rings is 1. The Hall–Kier alpha value is -4.57. The summed E-state index contributed by atoms with van der Waals surface area (Å²) >= 11 is 0. The number of sulfonamides is 1. The van der Waals surface area contributed by atoms with Gasteiger partial charge in [-0.15, -0.1) is 0 Å². The molecule has 5 aromatic rings. The van der Waals surface area contributed by atoms with Gasteiger partial charge >= 0.3 is 0 Å². The van der Waals surface area contributed by atoms with E-state index in [4.69, 9.17) is 0 Å². The summed E-state index contributed by atoms with van der Waals surface area (Å²) in [6.07, 6.45) is 3.39. The highest BCUT2D eigenvalue weighted by molar-refractivity contribution is 7.93. The summed E-state index contributed by atoms with van der Waals surface area (Å²) in [7, 11) is -3.67. The molecule has 0 aliphatic rings. The van der Waals surface area contributed by atoms with Crippen LogP contribution in [0, 0.1) is 5.82 Å². The number of benzene rings is 3. The van der Waals surface area contributed by atoms with Crippen LogP contribution in [0.1, 0.15) is 42.7 Å². The number of carbonyl (C=O) groups is 1. The molecule has 2 heterocycles. The molecule has 3 N–H and O–H groups in total. The molecule has 0 bridgehead atoms.